The van der Waals surface area contributed by atoms with Crippen molar-refractivity contribution < 1.29 is 13.2 Å². The van der Waals surface area contributed by atoms with Gasteiger partial charge in [-0.15, -0.1) is 11.6 Å². The summed E-state index contributed by atoms with van der Waals surface area (Å²) in [6.45, 7) is 0. The lowest BCUT2D eigenvalue weighted by Crippen LogP contribution is -2.07. The van der Waals surface area contributed by atoms with Gasteiger partial charge >= 0.3 is 6.18 Å². The summed E-state index contributed by atoms with van der Waals surface area (Å²) in [6, 6.07) is 0. The Balaban J connectivity index is 3.17. The fourth-order valence-electron chi connectivity index (χ4n) is 0. The molecule has 6 heavy (non-hydrogen) atoms. The molecular formula is C2H2ClF3. The zero-order valence-electron chi connectivity index (χ0n) is 2.72. The molecule has 0 aromatic heterocycles. The van der Waals surface area contributed by atoms with Crippen molar-refractivity contribution in [1.82, 2.24) is 0 Å². The molecule has 0 nitrogen and oxygen atoms in total. The Morgan fingerprint density at radius 1 is 1.33 bits per heavy atom. The lowest BCUT2D eigenvalue weighted by Gasteiger charge is -1.94. The summed E-state index contributed by atoms with van der Waals surface area (Å²) < 4.78 is 32.0. The topological polar surface area (TPSA) is 0 Å². The molecule has 0 rings (SSSR count). The van der Waals surface area contributed by atoms with E-state index in [0.717, 1.165) is 0 Å². The van der Waals surface area contributed by atoms with Crippen molar-refractivity contribution in [1.29, 1.82) is 0 Å². The van der Waals surface area contributed by atoms with Crippen LogP contribution < -0.4 is 0 Å². The van der Waals surface area contributed by atoms with E-state index < -0.39 is 12.1 Å². The molecule has 0 N–H and O–H groups in total. The van der Waals surface area contributed by atoms with Gasteiger partial charge in [-0.25, -0.2) is 0 Å². The Bertz CT molecular complexity index is 38.5. The fourth-order valence-corrected chi connectivity index (χ4v) is 0. The molecule has 0 saturated heterocycles. The van der Waals surface area contributed by atoms with E-state index in [0.29, 0.717) is 0 Å². The maximum absolute atomic E-state index is 10.7. The molecule has 0 heterocycles. The molecule has 4 heteroatoms. The van der Waals surface area contributed by atoms with Gasteiger partial charge in [0.1, 0.15) is 5.88 Å². The Morgan fingerprint density at radius 2 is 1.50 bits per heavy atom. The summed E-state index contributed by atoms with van der Waals surface area (Å²) >= 11 is 4.35. The SMILES string of the molecule is FC(F)(F)C[36Cl]. The van der Waals surface area contributed by atoms with Crippen molar-refractivity contribution in [3.05, 3.63) is 0 Å². The zero-order chi connectivity index (χ0) is 5.21. The van der Waals surface area contributed by atoms with Crippen molar-refractivity contribution in [3.63, 3.8) is 0 Å². The van der Waals surface area contributed by atoms with E-state index in [1.165, 1.54) is 0 Å². The Labute approximate surface area is 37.9 Å². The first-order chi connectivity index (χ1) is 2.56. The van der Waals surface area contributed by atoms with E-state index in [2.05, 4.69) is 11.6 Å². The maximum atomic E-state index is 10.7. The highest BCUT2D eigenvalue weighted by atomic mass is 36.0. The lowest BCUT2D eigenvalue weighted by molar-refractivity contribution is -0.106. The monoisotopic (exact) mass is 119 g/mol. The molecule has 0 atom stereocenters. The lowest BCUT2D eigenvalue weighted by atomic mass is 10.8. The summed E-state index contributed by atoms with van der Waals surface area (Å²) in [5.41, 5.74) is 0. The first kappa shape index (κ1) is 6.08. The highest BCUT2D eigenvalue weighted by molar-refractivity contribution is 6.18. The van der Waals surface area contributed by atoms with Gasteiger partial charge in [-0.3, -0.25) is 0 Å². The molecule has 38 valence electrons. The van der Waals surface area contributed by atoms with Crippen LogP contribution in [0.15, 0.2) is 0 Å². The van der Waals surface area contributed by atoms with Crippen LogP contribution in [-0.4, -0.2) is 12.1 Å². The molecule has 0 bridgehead atoms. The van der Waals surface area contributed by atoms with E-state index in [1.807, 2.05) is 0 Å². The van der Waals surface area contributed by atoms with Crippen LogP contribution >= 0.6 is 11.6 Å². The van der Waals surface area contributed by atoms with Crippen molar-refractivity contribution in [2.45, 2.75) is 6.18 Å². The largest absolute Gasteiger partial charge is 0.402 e. The number of rotatable bonds is 0. The van der Waals surface area contributed by atoms with Gasteiger partial charge in [0.05, 0.1) is 0 Å². The van der Waals surface area contributed by atoms with Crippen molar-refractivity contribution in [3.8, 4) is 0 Å². The molecule has 0 aliphatic carbocycles. The van der Waals surface area contributed by atoms with Gasteiger partial charge in [0.15, 0.2) is 0 Å². The van der Waals surface area contributed by atoms with Gasteiger partial charge in [-0.2, -0.15) is 13.2 Å². The maximum Gasteiger partial charge on any atom is 0.402 e. The Morgan fingerprint density at radius 3 is 1.50 bits per heavy atom. The number of halogens is 4. The van der Waals surface area contributed by atoms with Crippen LogP contribution in [0.1, 0.15) is 0 Å². The highest BCUT2D eigenvalue weighted by Gasteiger charge is 2.24. The van der Waals surface area contributed by atoms with Crippen LogP contribution in [0.25, 0.3) is 0 Å². The van der Waals surface area contributed by atoms with Crippen LogP contribution in [0.2, 0.25) is 0 Å². The molecule has 0 aliphatic rings. The molecule has 0 unspecified atom stereocenters. The summed E-state index contributed by atoms with van der Waals surface area (Å²) in [7, 11) is 0. The van der Waals surface area contributed by atoms with Gasteiger partial charge in [0, 0.05) is 0 Å². The first-order valence-corrected chi connectivity index (χ1v) is 1.72. The summed E-state index contributed by atoms with van der Waals surface area (Å²) in [5, 5.41) is 0. The molecule has 0 saturated carbocycles. The highest BCUT2D eigenvalue weighted by Crippen LogP contribution is 2.14. The van der Waals surface area contributed by atoms with Crippen LogP contribution in [0.4, 0.5) is 13.2 Å². The molecule has 0 radical (unpaired) electrons. The minimum Gasteiger partial charge on any atom is -0.170 e. The standard InChI is InChI=1S/C2H2ClF3/c3-1-2(4,5)6/h1H2/i3+1. The Kier molecular flexibility index (Phi) is 1.71. The van der Waals surface area contributed by atoms with Crippen LogP contribution in [0.5, 0.6) is 0 Å². The average Bonchev–Trinajstić information content (AvgIpc) is 1.35. The first-order valence-electron chi connectivity index (χ1n) is 1.19. The van der Waals surface area contributed by atoms with Crippen LogP contribution in [0.3, 0.4) is 0 Å². The average molecular weight is 119 g/mol. The third-order valence-electron chi connectivity index (χ3n) is 0.152. The molecule has 0 aromatic rings. The zero-order valence-corrected chi connectivity index (χ0v) is 3.47. The van der Waals surface area contributed by atoms with Gasteiger partial charge < -0.3 is 0 Å². The van der Waals surface area contributed by atoms with Gasteiger partial charge in [0.25, 0.3) is 0 Å². The normalized spacial score (nSPS) is 12.0. The molecule has 0 aromatic carbocycles. The van der Waals surface area contributed by atoms with Gasteiger partial charge in [-0.05, 0) is 0 Å². The predicted octanol–water partition coefficient (Wildman–Crippen LogP) is 1.79. The second kappa shape index (κ2) is 1.69. The number of hydrogen-bond acceptors (Lipinski definition) is 0. The minimum atomic E-state index is -4.19. The third kappa shape index (κ3) is 4.08. The van der Waals surface area contributed by atoms with Crippen molar-refractivity contribution in [2.24, 2.45) is 0 Å². The van der Waals surface area contributed by atoms with E-state index in [4.69, 9.17) is 0 Å². The van der Waals surface area contributed by atoms with E-state index in [-0.39, 0.29) is 0 Å². The number of alkyl halides is 4. The number of hydrogen-bond donors (Lipinski definition) is 0. The van der Waals surface area contributed by atoms with E-state index in [9.17, 15) is 13.2 Å². The molecule has 0 amide bonds. The summed E-state index contributed by atoms with van der Waals surface area (Å²) in [6.07, 6.45) is -4.19. The predicted molar refractivity (Wildman–Crippen MR) is 16.8 cm³/mol. The van der Waals surface area contributed by atoms with E-state index >= 15 is 0 Å². The Hall–Kier alpha value is 0.0800. The summed E-state index contributed by atoms with van der Waals surface area (Å²) in [4.78, 5) is 0. The second-order valence-corrected chi connectivity index (χ2v) is 1.02. The van der Waals surface area contributed by atoms with E-state index in [1.54, 1.807) is 0 Å². The molecular weight excluding hydrogens is 117 g/mol. The quantitative estimate of drug-likeness (QED) is 0.426. The molecule has 0 spiro atoms. The van der Waals surface area contributed by atoms with Crippen molar-refractivity contribution in [2.75, 3.05) is 5.88 Å². The molecule has 0 aliphatic heterocycles. The minimum absolute atomic E-state index is 1.26. The molecule has 0 fully saturated rings. The third-order valence-corrected chi connectivity index (χ3v) is 0.455. The second-order valence-electron chi connectivity index (χ2n) is 0.749. The van der Waals surface area contributed by atoms with Gasteiger partial charge in [0.2, 0.25) is 0 Å². The van der Waals surface area contributed by atoms with Gasteiger partial charge in [-0.1, -0.05) is 0 Å². The van der Waals surface area contributed by atoms with Crippen LogP contribution in [0, 0.1) is 0 Å². The smallest absolute Gasteiger partial charge is 0.170 e. The summed E-state index contributed by atoms with van der Waals surface area (Å²) in [5.74, 6) is -1.26. The van der Waals surface area contributed by atoms with Crippen LogP contribution in [-0.2, 0) is 0 Å². The van der Waals surface area contributed by atoms with Crippen molar-refractivity contribution >= 4 is 11.6 Å². The fraction of sp³-hybridized carbons (Fsp3) is 1.00.